The average molecular weight is 450 g/mol. The normalized spacial score (nSPS) is 17.7. The van der Waals surface area contributed by atoms with Crippen molar-refractivity contribution < 1.29 is 18.5 Å². The van der Waals surface area contributed by atoms with Gasteiger partial charge < -0.3 is 19.6 Å². The Morgan fingerprint density at radius 1 is 1.36 bits per heavy atom. The van der Waals surface area contributed by atoms with Gasteiger partial charge in [0, 0.05) is 37.8 Å². The van der Waals surface area contributed by atoms with Crippen LogP contribution >= 0.6 is 0 Å². The summed E-state index contributed by atoms with van der Waals surface area (Å²) in [4.78, 5) is 33.3. The molecular weight excluding hydrogens is 431 g/mol. The molecule has 0 saturated carbocycles. The number of nitriles is 1. The summed E-state index contributed by atoms with van der Waals surface area (Å²) in [5.41, 5.74) is 2.09. The van der Waals surface area contributed by atoms with Crippen LogP contribution in [0, 0.1) is 17.1 Å². The fourth-order valence-corrected chi connectivity index (χ4v) is 4.24. The number of urea groups is 1. The monoisotopic (exact) mass is 450 g/mol. The van der Waals surface area contributed by atoms with Crippen LogP contribution in [0.4, 0.5) is 14.9 Å². The van der Waals surface area contributed by atoms with Crippen LogP contribution in [-0.4, -0.2) is 61.8 Å². The van der Waals surface area contributed by atoms with Gasteiger partial charge in [0.2, 0.25) is 5.89 Å². The van der Waals surface area contributed by atoms with E-state index in [9.17, 15) is 14.0 Å². The number of amides is 3. The summed E-state index contributed by atoms with van der Waals surface area (Å²) in [5, 5.41) is 20.0. The van der Waals surface area contributed by atoms with Gasteiger partial charge >= 0.3 is 6.03 Å². The number of fused-ring (bicyclic) bond motifs is 3. The maximum Gasteiger partial charge on any atom is 0.322 e. The highest BCUT2D eigenvalue weighted by atomic mass is 19.1. The molecular formula is C21H19FN8O3. The van der Waals surface area contributed by atoms with Crippen LogP contribution < -0.4 is 5.32 Å². The van der Waals surface area contributed by atoms with E-state index in [0.717, 1.165) is 11.8 Å². The molecule has 2 aliphatic heterocycles. The number of nitrogens with zero attached hydrogens (tertiary/aromatic N) is 7. The molecule has 0 aliphatic carbocycles. The highest BCUT2D eigenvalue weighted by Crippen LogP contribution is 2.29. The van der Waals surface area contributed by atoms with Gasteiger partial charge in [-0.25, -0.2) is 9.18 Å². The number of halogens is 1. The largest absolute Gasteiger partial charge is 0.340 e. The van der Waals surface area contributed by atoms with Crippen LogP contribution in [0.3, 0.4) is 0 Å². The molecule has 2 aliphatic rings. The van der Waals surface area contributed by atoms with Crippen molar-refractivity contribution in [1.29, 1.82) is 5.26 Å². The van der Waals surface area contributed by atoms with Crippen molar-refractivity contribution in [3.05, 3.63) is 58.7 Å². The van der Waals surface area contributed by atoms with Gasteiger partial charge in [-0.3, -0.25) is 9.48 Å². The zero-order chi connectivity index (χ0) is 23.1. The van der Waals surface area contributed by atoms with Crippen molar-refractivity contribution in [2.75, 3.05) is 25.5 Å². The second-order valence-electron chi connectivity index (χ2n) is 8.03. The van der Waals surface area contributed by atoms with E-state index in [4.69, 9.17) is 9.78 Å². The third-order valence-corrected chi connectivity index (χ3v) is 5.89. The number of hydrogen-bond acceptors (Lipinski definition) is 7. The number of aromatic nitrogens is 4. The highest BCUT2D eigenvalue weighted by molar-refractivity contribution is 5.95. The molecule has 5 rings (SSSR count). The number of anilines is 1. The van der Waals surface area contributed by atoms with Crippen molar-refractivity contribution >= 4 is 17.6 Å². The fraction of sp³-hybridized carbons (Fsp3) is 0.333. The van der Waals surface area contributed by atoms with Crippen LogP contribution in [-0.2, 0) is 19.5 Å². The van der Waals surface area contributed by atoms with Crippen LogP contribution in [0.25, 0.3) is 0 Å². The highest BCUT2D eigenvalue weighted by Gasteiger charge is 2.36. The lowest BCUT2D eigenvalue weighted by Crippen LogP contribution is -2.39. The molecule has 0 saturated heterocycles. The summed E-state index contributed by atoms with van der Waals surface area (Å²) >= 11 is 0. The van der Waals surface area contributed by atoms with Gasteiger partial charge in [0.15, 0.2) is 6.33 Å². The van der Waals surface area contributed by atoms with Gasteiger partial charge in [-0.2, -0.15) is 15.3 Å². The van der Waals surface area contributed by atoms with Gasteiger partial charge in [-0.05, 0) is 18.2 Å². The first kappa shape index (κ1) is 20.6. The minimum absolute atomic E-state index is 0.153. The summed E-state index contributed by atoms with van der Waals surface area (Å²) in [7, 11) is 1.70. The summed E-state index contributed by atoms with van der Waals surface area (Å²) in [5.74, 6) is -0.600. The third kappa shape index (κ3) is 3.67. The van der Waals surface area contributed by atoms with Crippen molar-refractivity contribution in [1.82, 2.24) is 29.7 Å². The molecule has 3 aromatic rings. The van der Waals surface area contributed by atoms with E-state index in [1.54, 1.807) is 27.6 Å². The Balaban J connectivity index is 1.39. The molecule has 33 heavy (non-hydrogen) atoms. The molecule has 1 atom stereocenters. The van der Waals surface area contributed by atoms with Crippen LogP contribution in [0.1, 0.15) is 39.1 Å². The molecule has 12 heteroatoms. The molecule has 1 unspecified atom stereocenters. The maximum atomic E-state index is 13.6. The number of carbonyl (C=O) groups excluding carboxylic acids is 2. The van der Waals surface area contributed by atoms with Crippen LogP contribution in [0.5, 0.6) is 0 Å². The molecule has 0 radical (unpaired) electrons. The average Bonchev–Trinajstić information content (AvgIpc) is 3.44. The number of hydrogen-bond donors (Lipinski definition) is 1. The van der Waals surface area contributed by atoms with Gasteiger partial charge in [-0.15, -0.1) is 0 Å². The zero-order valence-corrected chi connectivity index (χ0v) is 17.7. The van der Waals surface area contributed by atoms with E-state index < -0.39 is 11.8 Å². The van der Waals surface area contributed by atoms with Crippen LogP contribution in [0.2, 0.25) is 0 Å². The predicted molar refractivity (Wildman–Crippen MR) is 110 cm³/mol. The number of nitrogens with one attached hydrogen (secondary N) is 1. The quantitative estimate of drug-likeness (QED) is 0.629. The van der Waals surface area contributed by atoms with E-state index in [0.29, 0.717) is 48.9 Å². The summed E-state index contributed by atoms with van der Waals surface area (Å²) < 4.78 is 20.5. The summed E-state index contributed by atoms with van der Waals surface area (Å²) in [6, 6.07) is 5.15. The minimum Gasteiger partial charge on any atom is -0.340 e. The lowest BCUT2D eigenvalue weighted by atomic mass is 10.0. The molecule has 2 aromatic heterocycles. The van der Waals surface area contributed by atoms with E-state index in [2.05, 4.69) is 20.6 Å². The SMILES string of the molecule is CN1CC(c2ncno2)Cn2nc3c(c2C1=O)CN(C(=O)Nc1ccc(F)c(C#N)c1)CC3. The van der Waals surface area contributed by atoms with Gasteiger partial charge in [-0.1, -0.05) is 5.16 Å². The maximum absolute atomic E-state index is 13.6. The lowest BCUT2D eigenvalue weighted by molar-refractivity contribution is 0.0785. The Kier molecular flexibility index (Phi) is 5.01. The second kappa shape index (κ2) is 8.01. The smallest absolute Gasteiger partial charge is 0.322 e. The molecule has 1 aromatic carbocycles. The summed E-state index contributed by atoms with van der Waals surface area (Å²) in [6.45, 7) is 1.40. The Morgan fingerprint density at radius 3 is 2.97 bits per heavy atom. The number of benzene rings is 1. The van der Waals surface area contributed by atoms with Gasteiger partial charge in [0.25, 0.3) is 5.91 Å². The summed E-state index contributed by atoms with van der Waals surface area (Å²) in [6.07, 6.45) is 1.81. The van der Waals surface area contributed by atoms with Gasteiger partial charge in [0.1, 0.15) is 17.6 Å². The van der Waals surface area contributed by atoms with Crippen molar-refractivity contribution in [2.45, 2.75) is 25.4 Å². The molecule has 1 N–H and O–H groups in total. The molecule has 0 fully saturated rings. The van der Waals surface area contributed by atoms with E-state index >= 15 is 0 Å². The van der Waals surface area contributed by atoms with E-state index in [-0.39, 0.29) is 23.9 Å². The Labute approximate surface area is 187 Å². The minimum atomic E-state index is -0.651. The lowest BCUT2D eigenvalue weighted by Gasteiger charge is -2.27. The molecule has 3 amide bonds. The standard InChI is InChI=1S/C21H19FN8O3/c1-28-8-13(19-24-11-25-33-19)9-30-18(20(28)31)15-10-29(5-4-17(15)27-30)21(32)26-14-2-3-16(22)12(6-14)7-23/h2-3,6,11,13H,4-5,8-10H2,1H3,(H,26,32). The first-order chi connectivity index (χ1) is 15.9. The number of rotatable bonds is 2. The van der Waals surface area contributed by atoms with Crippen molar-refractivity contribution in [3.8, 4) is 6.07 Å². The van der Waals surface area contributed by atoms with Crippen molar-refractivity contribution in [2.24, 2.45) is 0 Å². The molecule has 4 heterocycles. The van der Waals surface area contributed by atoms with Gasteiger partial charge in [0.05, 0.1) is 30.3 Å². The zero-order valence-electron chi connectivity index (χ0n) is 17.7. The Morgan fingerprint density at radius 2 is 2.21 bits per heavy atom. The second-order valence-corrected chi connectivity index (χ2v) is 8.03. The fourth-order valence-electron chi connectivity index (χ4n) is 4.24. The number of likely N-dealkylation sites (N-methyl/N-ethyl adjacent to an activating group) is 1. The topological polar surface area (TPSA) is 133 Å². The third-order valence-electron chi connectivity index (χ3n) is 5.89. The molecule has 0 bridgehead atoms. The molecule has 11 nitrogen and oxygen atoms in total. The number of carbonyl (C=O) groups is 2. The first-order valence-corrected chi connectivity index (χ1v) is 10.3. The molecule has 0 spiro atoms. The van der Waals surface area contributed by atoms with E-state index in [1.165, 1.54) is 18.5 Å². The van der Waals surface area contributed by atoms with E-state index in [1.807, 2.05) is 0 Å². The first-order valence-electron chi connectivity index (χ1n) is 10.3. The molecule has 168 valence electrons. The van der Waals surface area contributed by atoms with Crippen LogP contribution in [0.15, 0.2) is 29.0 Å². The van der Waals surface area contributed by atoms with Crippen molar-refractivity contribution in [3.63, 3.8) is 0 Å². The Bertz CT molecular complexity index is 1280. The predicted octanol–water partition coefficient (Wildman–Crippen LogP) is 1.74. The Hall–Kier alpha value is -4.27.